The Hall–Kier alpha value is -6.94. The molecule has 0 saturated heterocycles. The third kappa shape index (κ3) is 4.43. The summed E-state index contributed by atoms with van der Waals surface area (Å²) in [5.74, 6) is 2.66. The fraction of sp³-hybridized carbons (Fsp3) is 0. The van der Waals surface area contributed by atoms with Gasteiger partial charge >= 0.3 is 0 Å². The van der Waals surface area contributed by atoms with Crippen LogP contribution in [-0.2, 0) is 0 Å². The number of aromatic amines is 4. The molecule has 0 aliphatic heterocycles. The number of rotatable bonds is 5. The first-order valence-corrected chi connectivity index (χ1v) is 15.6. The summed E-state index contributed by atoms with van der Waals surface area (Å²) in [6.07, 6.45) is 0. The molecule has 0 bridgehead atoms. The predicted octanol–water partition coefficient (Wildman–Crippen LogP) is 8.32. The predicted molar refractivity (Wildman–Crippen MR) is 188 cm³/mol. The Labute approximate surface area is 272 Å². The highest BCUT2D eigenvalue weighted by Gasteiger charge is 2.18. The van der Waals surface area contributed by atoms with Gasteiger partial charge in [0.25, 0.3) is 0 Å². The Bertz CT molecular complexity index is 2310. The summed E-state index contributed by atoms with van der Waals surface area (Å²) in [7, 11) is 0. The molecule has 0 fully saturated rings. The largest absolute Gasteiger partial charge is 0.337 e. The van der Waals surface area contributed by atoms with Crippen molar-refractivity contribution in [2.24, 2.45) is 0 Å². The lowest BCUT2D eigenvalue weighted by molar-refractivity contribution is 1.19. The molecule has 226 valence electrons. The number of benzene rings is 4. The molecule has 10 aromatic rings. The maximum atomic E-state index is 5.07. The average molecular weight is 621 g/mol. The van der Waals surface area contributed by atoms with Crippen LogP contribution in [0.2, 0.25) is 0 Å². The van der Waals surface area contributed by atoms with E-state index in [4.69, 9.17) is 29.9 Å². The quantitative estimate of drug-likeness (QED) is 0.153. The number of aromatic nitrogens is 10. The molecule has 10 rings (SSSR count). The van der Waals surface area contributed by atoms with Gasteiger partial charge in [-0.2, -0.15) is 0 Å². The van der Waals surface area contributed by atoms with Gasteiger partial charge in [-0.25, -0.2) is 29.9 Å². The van der Waals surface area contributed by atoms with E-state index in [0.717, 1.165) is 55.3 Å². The van der Waals surface area contributed by atoms with Crippen molar-refractivity contribution in [1.29, 1.82) is 0 Å². The van der Waals surface area contributed by atoms with Gasteiger partial charge in [-0.15, -0.1) is 0 Å². The lowest BCUT2D eigenvalue weighted by atomic mass is 10.0. The van der Waals surface area contributed by atoms with Crippen molar-refractivity contribution in [3.8, 4) is 57.2 Å². The van der Waals surface area contributed by atoms with Crippen LogP contribution in [0.15, 0.2) is 121 Å². The smallest absolute Gasteiger partial charge is 0.157 e. The lowest BCUT2D eigenvalue weighted by Gasteiger charge is -2.10. The van der Waals surface area contributed by atoms with Crippen LogP contribution in [0.1, 0.15) is 0 Å². The van der Waals surface area contributed by atoms with Crippen LogP contribution in [-0.4, -0.2) is 49.8 Å². The van der Waals surface area contributed by atoms with Crippen LogP contribution in [0.5, 0.6) is 0 Å². The fourth-order valence-electron chi connectivity index (χ4n) is 6.18. The van der Waals surface area contributed by atoms with E-state index in [9.17, 15) is 0 Å². The Morgan fingerprint density at radius 2 is 0.542 bits per heavy atom. The lowest BCUT2D eigenvalue weighted by Crippen LogP contribution is -1.96. The first-order chi connectivity index (χ1) is 23.7. The van der Waals surface area contributed by atoms with E-state index in [0.29, 0.717) is 46.1 Å². The fourth-order valence-corrected chi connectivity index (χ4v) is 6.18. The van der Waals surface area contributed by atoms with Gasteiger partial charge in [0.1, 0.15) is 22.8 Å². The second-order valence-corrected chi connectivity index (χ2v) is 11.7. The molecule has 0 amide bonds. The molecule has 6 heterocycles. The summed E-state index contributed by atoms with van der Waals surface area (Å²) in [5, 5.41) is 0. The van der Waals surface area contributed by atoms with Crippen molar-refractivity contribution < 1.29 is 0 Å². The van der Waals surface area contributed by atoms with Crippen molar-refractivity contribution in [2.45, 2.75) is 0 Å². The van der Waals surface area contributed by atoms with Gasteiger partial charge in [-0.3, -0.25) is 0 Å². The second-order valence-electron chi connectivity index (χ2n) is 11.7. The number of nitrogens with one attached hydrogen (secondary N) is 4. The third-order valence-corrected chi connectivity index (χ3v) is 8.51. The zero-order valence-corrected chi connectivity index (χ0v) is 25.2. The summed E-state index contributed by atoms with van der Waals surface area (Å²) in [5.41, 5.74) is 11.8. The van der Waals surface area contributed by atoms with E-state index < -0.39 is 0 Å². The second kappa shape index (κ2) is 10.3. The van der Waals surface area contributed by atoms with Gasteiger partial charge in [0.15, 0.2) is 23.3 Å². The van der Waals surface area contributed by atoms with Gasteiger partial charge in [0.05, 0.1) is 44.1 Å². The molecule has 0 spiro atoms. The first-order valence-electron chi connectivity index (χ1n) is 15.6. The zero-order chi connectivity index (χ0) is 31.6. The van der Waals surface area contributed by atoms with Crippen LogP contribution in [0.25, 0.3) is 101 Å². The maximum absolute atomic E-state index is 5.07. The minimum Gasteiger partial charge on any atom is -0.337 e. The number of hydrogen-bond donors (Lipinski definition) is 4. The zero-order valence-electron chi connectivity index (χ0n) is 25.2. The normalized spacial score (nSPS) is 11.8. The number of para-hydroxylation sites is 8. The van der Waals surface area contributed by atoms with E-state index in [1.807, 2.05) is 121 Å². The molecule has 48 heavy (non-hydrogen) atoms. The molecule has 0 aliphatic rings. The van der Waals surface area contributed by atoms with Crippen molar-refractivity contribution in [3.05, 3.63) is 121 Å². The van der Waals surface area contributed by atoms with Crippen LogP contribution in [0.4, 0.5) is 0 Å². The molecular formula is C38H24N10. The first kappa shape index (κ1) is 26.3. The Kier molecular flexibility index (Phi) is 5.64. The average Bonchev–Trinajstić information content (AvgIpc) is 3.94. The third-order valence-electron chi connectivity index (χ3n) is 8.51. The summed E-state index contributed by atoms with van der Waals surface area (Å²) in [6.45, 7) is 0. The number of pyridine rings is 2. The van der Waals surface area contributed by atoms with Gasteiger partial charge in [-0.1, -0.05) is 48.5 Å². The Morgan fingerprint density at radius 1 is 0.292 bits per heavy atom. The number of H-pyrrole nitrogens is 4. The molecule has 0 aliphatic carbocycles. The van der Waals surface area contributed by atoms with Gasteiger partial charge in [0.2, 0.25) is 0 Å². The number of fused-ring (bicyclic) bond motifs is 4. The highest BCUT2D eigenvalue weighted by Crippen LogP contribution is 2.34. The molecule has 10 heteroatoms. The molecule has 0 unspecified atom stereocenters. The van der Waals surface area contributed by atoms with Crippen molar-refractivity contribution in [2.75, 3.05) is 0 Å². The Morgan fingerprint density at radius 3 is 0.792 bits per heavy atom. The molecule has 0 atom stereocenters. The maximum Gasteiger partial charge on any atom is 0.157 e. The summed E-state index contributed by atoms with van der Waals surface area (Å²) in [6, 6.07) is 40.1. The van der Waals surface area contributed by atoms with E-state index in [2.05, 4.69) is 19.9 Å². The Balaban J connectivity index is 1.21. The summed E-state index contributed by atoms with van der Waals surface area (Å²) < 4.78 is 0. The van der Waals surface area contributed by atoms with Gasteiger partial charge in [0, 0.05) is 0 Å². The molecule has 6 aromatic heterocycles. The molecular weight excluding hydrogens is 596 g/mol. The van der Waals surface area contributed by atoms with Crippen molar-refractivity contribution in [1.82, 2.24) is 49.8 Å². The SMILES string of the molecule is c1ccc2[nH]c(-c3cc(-c4cc(-c5nc6ccccc6[nH]5)nc(-c5nc6ccccc6[nH]5)c4)cc(-c4nc5ccccc5[nH]4)n3)nc2c1. The number of nitrogens with zero attached hydrogens (tertiary/aromatic N) is 6. The van der Waals surface area contributed by atoms with Gasteiger partial charge in [-0.05, 0) is 83.9 Å². The van der Waals surface area contributed by atoms with Crippen LogP contribution in [0.3, 0.4) is 0 Å². The highest BCUT2D eigenvalue weighted by atomic mass is 15.0. The highest BCUT2D eigenvalue weighted by molar-refractivity contribution is 5.86. The molecule has 4 aromatic carbocycles. The van der Waals surface area contributed by atoms with Gasteiger partial charge < -0.3 is 19.9 Å². The summed E-state index contributed by atoms with van der Waals surface area (Å²) >= 11 is 0. The van der Waals surface area contributed by atoms with Crippen LogP contribution in [0, 0.1) is 0 Å². The van der Waals surface area contributed by atoms with E-state index in [1.54, 1.807) is 0 Å². The molecule has 0 radical (unpaired) electrons. The molecule has 4 N–H and O–H groups in total. The standard InChI is InChI=1S/C38H24N10/c1-2-10-24-23(9-1)41-35(42-24)31-17-21(18-32(39-31)36-43-25-11-3-4-12-26(25)44-36)22-19-33(37-45-27-13-5-6-14-28(27)46-37)40-34(20-22)38-47-29-15-7-8-16-30(29)48-38/h1-20H,(H,41,42)(H,43,44)(H,45,46)(H,47,48). The minimum absolute atomic E-state index is 0.666. The summed E-state index contributed by atoms with van der Waals surface area (Å²) in [4.78, 5) is 43.5. The van der Waals surface area contributed by atoms with Crippen molar-refractivity contribution in [3.63, 3.8) is 0 Å². The van der Waals surface area contributed by atoms with Crippen LogP contribution >= 0.6 is 0 Å². The van der Waals surface area contributed by atoms with E-state index >= 15 is 0 Å². The monoisotopic (exact) mass is 620 g/mol. The van der Waals surface area contributed by atoms with Crippen LogP contribution < -0.4 is 0 Å². The molecule has 10 nitrogen and oxygen atoms in total. The van der Waals surface area contributed by atoms with E-state index in [1.165, 1.54) is 0 Å². The number of hydrogen-bond acceptors (Lipinski definition) is 6. The topological polar surface area (TPSA) is 140 Å². The van der Waals surface area contributed by atoms with Crippen molar-refractivity contribution >= 4 is 44.1 Å². The number of imidazole rings is 4. The minimum atomic E-state index is 0.666. The molecule has 0 saturated carbocycles. The van der Waals surface area contributed by atoms with E-state index in [-0.39, 0.29) is 0 Å².